The van der Waals surface area contributed by atoms with Crippen molar-refractivity contribution in [2.75, 3.05) is 0 Å². The van der Waals surface area contributed by atoms with E-state index in [1.165, 1.54) is 11.3 Å². The van der Waals surface area contributed by atoms with Gasteiger partial charge in [0.05, 0.1) is 5.71 Å². The highest BCUT2D eigenvalue weighted by Gasteiger charge is 2.35. The third kappa shape index (κ3) is 2.34. The molecule has 1 aliphatic rings. The van der Waals surface area contributed by atoms with E-state index in [1.807, 2.05) is 0 Å². The van der Waals surface area contributed by atoms with Crippen molar-refractivity contribution in [3.8, 4) is 0 Å². The molecule has 88 valence electrons. The van der Waals surface area contributed by atoms with Crippen LogP contribution in [0.4, 0.5) is 5.13 Å². The Morgan fingerprint density at radius 1 is 1.71 bits per heavy atom. The molecular weight excluding hydrogens is 260 g/mol. The average Bonchev–Trinajstić information content (AvgIpc) is 2.86. The lowest BCUT2D eigenvalue weighted by Gasteiger charge is -2.08. The first-order chi connectivity index (χ1) is 8.09. The van der Waals surface area contributed by atoms with Gasteiger partial charge in [0.15, 0.2) is 11.2 Å². The van der Waals surface area contributed by atoms with E-state index in [0.717, 1.165) is 5.01 Å². The summed E-state index contributed by atoms with van der Waals surface area (Å²) < 4.78 is 0. The number of carbonyl (C=O) groups is 1. The molecule has 1 aliphatic heterocycles. The molecular formula is C8H8N6OS2. The highest BCUT2D eigenvalue weighted by molar-refractivity contribution is 7.80. The van der Waals surface area contributed by atoms with Crippen molar-refractivity contribution in [2.45, 2.75) is 13.0 Å². The number of carbonyl (C=O) groups excluding carboxylic acids is 1. The van der Waals surface area contributed by atoms with Gasteiger partial charge in [-0.15, -0.1) is 16.5 Å². The topological polar surface area (TPSA) is 96.3 Å². The third-order valence-corrected chi connectivity index (χ3v) is 2.81. The first kappa shape index (κ1) is 11.7. The lowest BCUT2D eigenvalue weighted by atomic mass is 10.2. The molecule has 0 bridgehead atoms. The molecule has 2 heterocycles. The van der Waals surface area contributed by atoms with Crippen molar-refractivity contribution in [2.24, 2.45) is 21.1 Å². The van der Waals surface area contributed by atoms with Gasteiger partial charge in [-0.05, 0) is 19.1 Å². The highest BCUT2D eigenvalue weighted by Crippen LogP contribution is 2.18. The van der Waals surface area contributed by atoms with Crippen molar-refractivity contribution in [1.82, 2.24) is 9.99 Å². The van der Waals surface area contributed by atoms with Crippen LogP contribution >= 0.6 is 23.6 Å². The number of azo groups is 1. The van der Waals surface area contributed by atoms with Crippen LogP contribution in [0.5, 0.6) is 0 Å². The number of rotatable bonds is 2. The van der Waals surface area contributed by atoms with Crippen molar-refractivity contribution in [1.29, 1.82) is 0 Å². The number of hydrogen-bond donors (Lipinski definition) is 1. The third-order valence-electron chi connectivity index (χ3n) is 1.98. The van der Waals surface area contributed by atoms with Crippen LogP contribution in [0.2, 0.25) is 0 Å². The van der Waals surface area contributed by atoms with E-state index < -0.39 is 11.9 Å². The summed E-state index contributed by atoms with van der Waals surface area (Å²) in [6, 6.07) is -0.764. The molecule has 0 fully saturated rings. The number of hydrazone groups is 1. The molecule has 1 unspecified atom stereocenters. The Hall–Kier alpha value is -1.74. The zero-order valence-corrected chi connectivity index (χ0v) is 10.4. The normalized spacial score (nSPS) is 20.1. The summed E-state index contributed by atoms with van der Waals surface area (Å²) in [6.07, 6.45) is 1.61. The molecule has 0 saturated carbocycles. The maximum Gasteiger partial charge on any atom is 0.282 e. The van der Waals surface area contributed by atoms with Crippen LogP contribution in [0.1, 0.15) is 6.92 Å². The fraction of sp³-hybridized carbons (Fsp3) is 0.250. The summed E-state index contributed by atoms with van der Waals surface area (Å²) in [7, 11) is 0. The minimum Gasteiger partial charge on any atom is -0.374 e. The molecule has 17 heavy (non-hydrogen) atoms. The van der Waals surface area contributed by atoms with E-state index in [2.05, 4.69) is 20.3 Å². The quantitative estimate of drug-likeness (QED) is 0.640. The summed E-state index contributed by atoms with van der Waals surface area (Å²) >= 11 is 6.02. The Labute approximate surface area is 106 Å². The zero-order chi connectivity index (χ0) is 12.4. The molecule has 2 N–H and O–H groups in total. The summed E-state index contributed by atoms with van der Waals surface area (Å²) in [5.74, 6) is -0.393. The molecule has 1 aromatic rings. The molecule has 7 nitrogen and oxygen atoms in total. The first-order valence-electron chi connectivity index (χ1n) is 4.58. The Morgan fingerprint density at radius 3 is 3.00 bits per heavy atom. The van der Waals surface area contributed by atoms with Gasteiger partial charge >= 0.3 is 0 Å². The van der Waals surface area contributed by atoms with Crippen molar-refractivity contribution < 1.29 is 4.79 Å². The van der Waals surface area contributed by atoms with Crippen LogP contribution in [0.25, 0.3) is 0 Å². The number of thiazole rings is 1. The number of nitrogens with zero attached hydrogens (tertiary/aromatic N) is 5. The second-order valence-electron chi connectivity index (χ2n) is 3.16. The van der Waals surface area contributed by atoms with Crippen molar-refractivity contribution in [3.63, 3.8) is 0 Å². The molecule has 1 amide bonds. The fourth-order valence-electron chi connectivity index (χ4n) is 1.22. The minimum atomic E-state index is -0.764. The second kappa shape index (κ2) is 4.63. The van der Waals surface area contributed by atoms with Crippen LogP contribution in [-0.2, 0) is 4.79 Å². The average molecular weight is 268 g/mol. The molecule has 0 aromatic carbocycles. The fourth-order valence-corrected chi connectivity index (χ4v) is 1.81. The summed E-state index contributed by atoms with van der Waals surface area (Å²) in [5, 5.41) is 14.8. The van der Waals surface area contributed by atoms with Gasteiger partial charge in [0.2, 0.25) is 5.13 Å². The van der Waals surface area contributed by atoms with Gasteiger partial charge in [-0.3, -0.25) is 4.79 Å². The van der Waals surface area contributed by atoms with Gasteiger partial charge in [-0.1, -0.05) is 0 Å². The molecule has 0 saturated heterocycles. The molecule has 0 aliphatic carbocycles. The van der Waals surface area contributed by atoms with Crippen LogP contribution in [0.15, 0.2) is 26.9 Å². The number of nitrogens with two attached hydrogens (primary N) is 1. The van der Waals surface area contributed by atoms with Crippen LogP contribution < -0.4 is 5.73 Å². The Morgan fingerprint density at radius 2 is 2.47 bits per heavy atom. The largest absolute Gasteiger partial charge is 0.374 e. The lowest BCUT2D eigenvalue weighted by Crippen LogP contribution is -2.37. The lowest BCUT2D eigenvalue weighted by molar-refractivity contribution is -0.126. The number of hydrogen-bond acceptors (Lipinski definition) is 7. The smallest absolute Gasteiger partial charge is 0.282 e. The standard InChI is InChI=1S/C8H8N6OS2/c1-4-5(6(15)14(13-4)7(9)16)11-12-8-10-2-3-17-8/h2-3,5H,1H3,(H2,9,16). The second-order valence-corrected chi connectivity index (χ2v) is 4.45. The summed E-state index contributed by atoms with van der Waals surface area (Å²) in [5.41, 5.74) is 5.85. The van der Waals surface area contributed by atoms with Gasteiger partial charge in [-0.2, -0.15) is 15.2 Å². The SMILES string of the molecule is CC1=NN(C(N)=S)C(=O)C1N=Nc1nccs1. The molecule has 9 heteroatoms. The maximum absolute atomic E-state index is 11.8. The number of amides is 1. The van der Waals surface area contributed by atoms with Gasteiger partial charge in [0.1, 0.15) is 0 Å². The van der Waals surface area contributed by atoms with Gasteiger partial charge < -0.3 is 5.73 Å². The summed E-state index contributed by atoms with van der Waals surface area (Å²) in [4.78, 5) is 15.7. The minimum absolute atomic E-state index is 0.0960. The summed E-state index contributed by atoms with van der Waals surface area (Å²) in [6.45, 7) is 1.67. The Kier molecular flexibility index (Phi) is 3.20. The number of thiocarbonyl (C=S) groups is 1. The van der Waals surface area contributed by atoms with Gasteiger partial charge in [0, 0.05) is 11.6 Å². The van der Waals surface area contributed by atoms with Crippen molar-refractivity contribution in [3.05, 3.63) is 11.6 Å². The van der Waals surface area contributed by atoms with E-state index in [4.69, 9.17) is 18.0 Å². The zero-order valence-electron chi connectivity index (χ0n) is 8.77. The van der Waals surface area contributed by atoms with E-state index in [-0.39, 0.29) is 5.11 Å². The Balaban J connectivity index is 2.16. The first-order valence-corrected chi connectivity index (χ1v) is 5.87. The van der Waals surface area contributed by atoms with E-state index >= 15 is 0 Å². The van der Waals surface area contributed by atoms with E-state index in [0.29, 0.717) is 10.8 Å². The predicted molar refractivity (Wildman–Crippen MR) is 67.2 cm³/mol. The van der Waals surface area contributed by atoms with Crippen molar-refractivity contribution >= 4 is 45.4 Å². The molecule has 0 radical (unpaired) electrons. The van der Waals surface area contributed by atoms with Gasteiger partial charge in [0.25, 0.3) is 5.91 Å². The molecule has 1 atom stereocenters. The number of aromatic nitrogens is 1. The molecule has 1 aromatic heterocycles. The maximum atomic E-state index is 11.8. The van der Waals surface area contributed by atoms with Crippen LogP contribution in [0.3, 0.4) is 0 Å². The van der Waals surface area contributed by atoms with Crippen LogP contribution in [0, 0.1) is 0 Å². The van der Waals surface area contributed by atoms with Gasteiger partial charge in [-0.25, -0.2) is 4.98 Å². The molecule has 0 spiro atoms. The predicted octanol–water partition coefficient (Wildman–Crippen LogP) is 1.06. The Bertz CT molecular complexity index is 508. The van der Waals surface area contributed by atoms with E-state index in [1.54, 1.807) is 18.5 Å². The van der Waals surface area contributed by atoms with E-state index in [9.17, 15) is 4.79 Å². The highest BCUT2D eigenvalue weighted by atomic mass is 32.1. The monoisotopic (exact) mass is 268 g/mol. The molecule has 2 rings (SSSR count). The van der Waals surface area contributed by atoms with Crippen LogP contribution in [-0.4, -0.2) is 32.8 Å².